The predicted molar refractivity (Wildman–Crippen MR) is 53.0 cm³/mol. The van der Waals surface area contributed by atoms with Gasteiger partial charge in [0.2, 0.25) is 0 Å². The van der Waals surface area contributed by atoms with E-state index in [1.165, 1.54) is 11.1 Å². The monoisotopic (exact) mass is 161 g/mol. The molecule has 0 heterocycles. The SMILES string of the molecule is C=C[C@@H](N)c1ccc(C)cc1C. The number of nitrogens with two attached hydrogens (primary N) is 1. The van der Waals surface area contributed by atoms with Crippen molar-refractivity contribution in [3.05, 3.63) is 47.5 Å². The Hall–Kier alpha value is -1.08. The molecule has 0 radical (unpaired) electrons. The van der Waals surface area contributed by atoms with Crippen molar-refractivity contribution in [2.75, 3.05) is 0 Å². The second kappa shape index (κ2) is 3.55. The van der Waals surface area contributed by atoms with Gasteiger partial charge >= 0.3 is 0 Å². The van der Waals surface area contributed by atoms with Crippen molar-refractivity contribution < 1.29 is 0 Å². The van der Waals surface area contributed by atoms with Gasteiger partial charge in [-0.2, -0.15) is 0 Å². The summed E-state index contributed by atoms with van der Waals surface area (Å²) in [6, 6.07) is 6.24. The molecule has 12 heavy (non-hydrogen) atoms. The average Bonchev–Trinajstić information content (AvgIpc) is 2.03. The van der Waals surface area contributed by atoms with Gasteiger partial charge in [0.1, 0.15) is 0 Å². The van der Waals surface area contributed by atoms with E-state index in [1.807, 2.05) is 0 Å². The molecule has 1 aromatic rings. The maximum Gasteiger partial charge on any atom is 0.0481 e. The first-order valence-electron chi connectivity index (χ1n) is 4.10. The zero-order valence-corrected chi connectivity index (χ0v) is 7.67. The van der Waals surface area contributed by atoms with Gasteiger partial charge < -0.3 is 5.73 Å². The standard InChI is InChI=1S/C11H15N/c1-4-11(12)10-6-5-8(2)7-9(10)3/h4-7,11H,1,12H2,2-3H3/t11-/m1/s1. The third-order valence-corrected chi connectivity index (χ3v) is 2.04. The number of aryl methyl sites for hydroxylation is 2. The van der Waals surface area contributed by atoms with Gasteiger partial charge in [-0.1, -0.05) is 29.8 Å². The molecule has 0 aromatic heterocycles. The summed E-state index contributed by atoms with van der Waals surface area (Å²) in [5.74, 6) is 0. The Morgan fingerprint density at radius 1 is 1.42 bits per heavy atom. The van der Waals surface area contributed by atoms with Gasteiger partial charge in [0, 0.05) is 6.04 Å². The van der Waals surface area contributed by atoms with E-state index in [1.54, 1.807) is 6.08 Å². The lowest BCUT2D eigenvalue weighted by Crippen LogP contribution is -2.08. The van der Waals surface area contributed by atoms with Gasteiger partial charge in [0.25, 0.3) is 0 Å². The topological polar surface area (TPSA) is 26.0 Å². The molecule has 1 heteroatoms. The van der Waals surface area contributed by atoms with Crippen molar-refractivity contribution in [3.63, 3.8) is 0 Å². The highest BCUT2D eigenvalue weighted by Crippen LogP contribution is 2.17. The van der Waals surface area contributed by atoms with Crippen molar-refractivity contribution in [3.8, 4) is 0 Å². The van der Waals surface area contributed by atoms with Gasteiger partial charge in [-0.25, -0.2) is 0 Å². The molecule has 0 saturated carbocycles. The summed E-state index contributed by atoms with van der Waals surface area (Å²) >= 11 is 0. The lowest BCUT2D eigenvalue weighted by atomic mass is 10.00. The Morgan fingerprint density at radius 2 is 2.08 bits per heavy atom. The molecule has 0 bridgehead atoms. The number of benzene rings is 1. The highest BCUT2D eigenvalue weighted by Gasteiger charge is 2.03. The molecule has 0 aliphatic heterocycles. The van der Waals surface area contributed by atoms with E-state index in [9.17, 15) is 0 Å². The molecule has 1 nitrogen and oxygen atoms in total. The van der Waals surface area contributed by atoms with Crippen LogP contribution < -0.4 is 5.73 Å². The van der Waals surface area contributed by atoms with Crippen LogP contribution in [-0.4, -0.2) is 0 Å². The summed E-state index contributed by atoms with van der Waals surface area (Å²) in [5, 5.41) is 0. The van der Waals surface area contributed by atoms with Crippen molar-refractivity contribution in [1.29, 1.82) is 0 Å². The Labute approximate surface area is 73.9 Å². The normalized spacial score (nSPS) is 12.6. The fraction of sp³-hybridized carbons (Fsp3) is 0.273. The smallest absolute Gasteiger partial charge is 0.0481 e. The van der Waals surface area contributed by atoms with Crippen LogP contribution in [0.3, 0.4) is 0 Å². The van der Waals surface area contributed by atoms with Crippen LogP contribution in [0.25, 0.3) is 0 Å². The molecule has 64 valence electrons. The minimum Gasteiger partial charge on any atom is -0.321 e. The Bertz CT molecular complexity index is 289. The molecule has 0 saturated heterocycles. The molecule has 0 aliphatic rings. The lowest BCUT2D eigenvalue weighted by Gasteiger charge is -2.10. The molecular formula is C11H15N. The van der Waals surface area contributed by atoms with E-state index in [0.717, 1.165) is 5.56 Å². The zero-order chi connectivity index (χ0) is 9.14. The largest absolute Gasteiger partial charge is 0.321 e. The summed E-state index contributed by atoms with van der Waals surface area (Å²) in [6.45, 7) is 7.83. The first kappa shape index (κ1) is 9.01. The van der Waals surface area contributed by atoms with Crippen LogP contribution in [0.4, 0.5) is 0 Å². The fourth-order valence-electron chi connectivity index (χ4n) is 1.33. The van der Waals surface area contributed by atoms with Crippen molar-refractivity contribution in [2.24, 2.45) is 5.73 Å². The summed E-state index contributed by atoms with van der Waals surface area (Å²) in [6.07, 6.45) is 1.76. The van der Waals surface area contributed by atoms with Gasteiger partial charge in [0.15, 0.2) is 0 Å². The summed E-state index contributed by atoms with van der Waals surface area (Å²) < 4.78 is 0. The van der Waals surface area contributed by atoms with E-state index in [4.69, 9.17) is 5.73 Å². The Kier molecular flexibility index (Phi) is 2.66. The van der Waals surface area contributed by atoms with E-state index in [0.29, 0.717) is 0 Å². The second-order valence-electron chi connectivity index (χ2n) is 3.12. The van der Waals surface area contributed by atoms with Gasteiger partial charge in [-0.15, -0.1) is 6.58 Å². The first-order valence-corrected chi connectivity index (χ1v) is 4.10. The van der Waals surface area contributed by atoms with E-state index in [2.05, 4.69) is 38.6 Å². The van der Waals surface area contributed by atoms with Crippen molar-refractivity contribution in [1.82, 2.24) is 0 Å². The second-order valence-corrected chi connectivity index (χ2v) is 3.12. The minimum atomic E-state index is -0.0365. The first-order chi connectivity index (χ1) is 5.65. The molecule has 1 aromatic carbocycles. The molecule has 1 rings (SSSR count). The number of hydrogen-bond donors (Lipinski definition) is 1. The quantitative estimate of drug-likeness (QED) is 0.662. The van der Waals surface area contributed by atoms with Crippen LogP contribution in [0, 0.1) is 13.8 Å². The number of rotatable bonds is 2. The van der Waals surface area contributed by atoms with Crippen LogP contribution in [-0.2, 0) is 0 Å². The molecule has 0 unspecified atom stereocenters. The summed E-state index contributed by atoms with van der Waals surface area (Å²) in [5.41, 5.74) is 9.50. The van der Waals surface area contributed by atoms with Crippen LogP contribution in [0.1, 0.15) is 22.7 Å². The predicted octanol–water partition coefficient (Wildman–Crippen LogP) is 2.49. The zero-order valence-electron chi connectivity index (χ0n) is 7.67. The highest BCUT2D eigenvalue weighted by molar-refractivity contribution is 5.34. The lowest BCUT2D eigenvalue weighted by molar-refractivity contribution is 0.901. The van der Waals surface area contributed by atoms with Gasteiger partial charge in [0.05, 0.1) is 0 Å². The molecule has 2 N–H and O–H groups in total. The third-order valence-electron chi connectivity index (χ3n) is 2.04. The van der Waals surface area contributed by atoms with Crippen LogP contribution in [0.15, 0.2) is 30.9 Å². The molecular weight excluding hydrogens is 146 g/mol. The van der Waals surface area contributed by atoms with E-state index < -0.39 is 0 Å². The fourth-order valence-corrected chi connectivity index (χ4v) is 1.33. The molecule has 0 fully saturated rings. The maximum absolute atomic E-state index is 5.83. The molecule has 0 amide bonds. The van der Waals surface area contributed by atoms with Crippen LogP contribution in [0.2, 0.25) is 0 Å². The molecule has 0 spiro atoms. The minimum absolute atomic E-state index is 0.0365. The maximum atomic E-state index is 5.83. The summed E-state index contributed by atoms with van der Waals surface area (Å²) in [7, 11) is 0. The average molecular weight is 161 g/mol. The van der Waals surface area contributed by atoms with Gasteiger partial charge in [-0.3, -0.25) is 0 Å². The van der Waals surface area contributed by atoms with Crippen molar-refractivity contribution in [2.45, 2.75) is 19.9 Å². The highest BCUT2D eigenvalue weighted by atomic mass is 14.6. The van der Waals surface area contributed by atoms with Gasteiger partial charge in [-0.05, 0) is 25.0 Å². The molecule has 0 aliphatic carbocycles. The Morgan fingerprint density at radius 3 is 2.58 bits per heavy atom. The van der Waals surface area contributed by atoms with Crippen LogP contribution in [0.5, 0.6) is 0 Å². The number of hydrogen-bond acceptors (Lipinski definition) is 1. The van der Waals surface area contributed by atoms with Crippen LogP contribution >= 0.6 is 0 Å². The third kappa shape index (κ3) is 1.74. The van der Waals surface area contributed by atoms with Crippen molar-refractivity contribution >= 4 is 0 Å². The van der Waals surface area contributed by atoms with E-state index >= 15 is 0 Å². The van der Waals surface area contributed by atoms with E-state index in [-0.39, 0.29) is 6.04 Å². The molecule has 1 atom stereocenters. The summed E-state index contributed by atoms with van der Waals surface area (Å²) in [4.78, 5) is 0. The Balaban J connectivity index is 3.09.